The Morgan fingerprint density at radius 1 is 1.46 bits per heavy atom. The van der Waals surface area contributed by atoms with Crippen molar-refractivity contribution in [2.45, 2.75) is 6.92 Å². The van der Waals surface area contributed by atoms with Crippen LogP contribution >= 0.6 is 0 Å². The summed E-state index contributed by atoms with van der Waals surface area (Å²) in [6.45, 7) is 1.75. The molecule has 0 bridgehead atoms. The first-order valence-corrected chi connectivity index (χ1v) is 3.63. The van der Waals surface area contributed by atoms with E-state index in [4.69, 9.17) is 0 Å². The number of aromatic nitrogens is 3. The highest BCUT2D eigenvalue weighted by molar-refractivity contribution is 5.68. The maximum Gasteiger partial charge on any atom is 0.437 e. The number of aromatic amines is 1. The fraction of sp³-hybridized carbons (Fsp3) is 0.500. The Bertz CT molecular complexity index is 424. The number of rotatable bonds is 1. The lowest BCUT2D eigenvalue weighted by molar-refractivity contribution is 0.145. The zero-order valence-corrected chi connectivity index (χ0v) is 7.23. The Labute approximate surface area is 72.5 Å². The van der Waals surface area contributed by atoms with Crippen molar-refractivity contribution >= 4 is 6.09 Å². The van der Waals surface area contributed by atoms with Gasteiger partial charge in [-0.3, -0.25) is 4.98 Å². The molecule has 72 valence electrons. The molecular weight excluding hydrogens is 178 g/mol. The van der Waals surface area contributed by atoms with Gasteiger partial charge >= 0.3 is 17.5 Å². The standard InChI is InChI=1S/C6H9N3O4/c1-3-13-6(12)9-5(11)7-4(10)8(9)2/h3H2,1-2H3,(H,7,10,11). The molecule has 0 saturated carbocycles. The molecule has 1 N–H and O–H groups in total. The summed E-state index contributed by atoms with van der Waals surface area (Å²) < 4.78 is 5.98. The van der Waals surface area contributed by atoms with Gasteiger partial charge in [0.2, 0.25) is 0 Å². The number of nitrogens with one attached hydrogen (secondary N) is 1. The topological polar surface area (TPSA) is 86.1 Å². The van der Waals surface area contributed by atoms with E-state index in [1.54, 1.807) is 6.92 Å². The summed E-state index contributed by atoms with van der Waals surface area (Å²) in [5.41, 5.74) is -1.45. The lowest BCUT2D eigenvalue weighted by Gasteiger charge is -2.02. The minimum absolute atomic E-state index is 0.143. The summed E-state index contributed by atoms with van der Waals surface area (Å²) in [6, 6.07) is 0. The third-order valence-corrected chi connectivity index (χ3v) is 1.44. The minimum atomic E-state index is -0.867. The Morgan fingerprint density at radius 3 is 2.46 bits per heavy atom. The normalized spacial score (nSPS) is 10.0. The van der Waals surface area contributed by atoms with Gasteiger partial charge in [-0.05, 0) is 6.92 Å². The van der Waals surface area contributed by atoms with Gasteiger partial charge in [0.15, 0.2) is 0 Å². The predicted octanol–water partition coefficient (Wildman–Crippen LogP) is -1.12. The van der Waals surface area contributed by atoms with Crippen molar-refractivity contribution in [3.8, 4) is 0 Å². The lowest BCUT2D eigenvalue weighted by atomic mass is 10.9. The van der Waals surface area contributed by atoms with E-state index in [2.05, 4.69) is 4.74 Å². The van der Waals surface area contributed by atoms with Crippen molar-refractivity contribution in [3.05, 3.63) is 21.0 Å². The van der Waals surface area contributed by atoms with Crippen molar-refractivity contribution < 1.29 is 9.53 Å². The lowest BCUT2D eigenvalue weighted by Crippen LogP contribution is -2.31. The monoisotopic (exact) mass is 187 g/mol. The summed E-state index contributed by atoms with van der Waals surface area (Å²) in [5, 5.41) is 0. The van der Waals surface area contributed by atoms with Gasteiger partial charge in [0.05, 0.1) is 6.61 Å². The van der Waals surface area contributed by atoms with E-state index < -0.39 is 17.5 Å². The van der Waals surface area contributed by atoms with Crippen LogP contribution in [-0.2, 0) is 11.8 Å². The number of carbonyl (C=O) groups is 1. The SMILES string of the molecule is CCOC(=O)n1c(=O)[nH]c(=O)n1C. The van der Waals surface area contributed by atoms with Gasteiger partial charge in [-0.15, -0.1) is 4.68 Å². The van der Waals surface area contributed by atoms with E-state index in [1.807, 2.05) is 4.98 Å². The molecule has 0 aliphatic heterocycles. The molecule has 7 nitrogen and oxygen atoms in total. The Morgan fingerprint density at radius 2 is 2.08 bits per heavy atom. The van der Waals surface area contributed by atoms with Crippen LogP contribution in [0.5, 0.6) is 0 Å². The van der Waals surface area contributed by atoms with Gasteiger partial charge in [0, 0.05) is 7.05 Å². The molecule has 0 amide bonds. The number of nitrogens with zero attached hydrogens (tertiary/aromatic N) is 2. The first kappa shape index (κ1) is 9.30. The average Bonchev–Trinajstić information content (AvgIpc) is 2.27. The second kappa shape index (κ2) is 3.30. The summed E-state index contributed by atoms with van der Waals surface area (Å²) in [5.74, 6) is 0. The molecule has 0 unspecified atom stereocenters. The molecule has 0 fully saturated rings. The number of carbonyl (C=O) groups excluding carboxylic acids is 1. The molecule has 0 saturated heterocycles. The third-order valence-electron chi connectivity index (χ3n) is 1.44. The van der Waals surface area contributed by atoms with Crippen molar-refractivity contribution in [2.24, 2.45) is 7.05 Å². The van der Waals surface area contributed by atoms with Gasteiger partial charge in [-0.25, -0.2) is 19.1 Å². The van der Waals surface area contributed by atoms with Crippen LogP contribution in [0.2, 0.25) is 0 Å². The van der Waals surface area contributed by atoms with Crippen molar-refractivity contribution in [3.63, 3.8) is 0 Å². The second-order valence-corrected chi connectivity index (χ2v) is 2.27. The van der Waals surface area contributed by atoms with Crippen LogP contribution in [-0.4, -0.2) is 27.0 Å². The highest BCUT2D eigenvalue weighted by atomic mass is 16.6. The molecule has 1 aromatic heterocycles. The van der Waals surface area contributed by atoms with Gasteiger partial charge in [-0.1, -0.05) is 0 Å². The minimum Gasteiger partial charge on any atom is -0.448 e. The number of hydrogen-bond acceptors (Lipinski definition) is 4. The molecule has 1 heterocycles. The average molecular weight is 187 g/mol. The fourth-order valence-corrected chi connectivity index (χ4v) is 0.842. The molecule has 1 rings (SSSR count). The molecule has 0 atom stereocenters. The molecule has 0 aliphatic rings. The zero-order valence-electron chi connectivity index (χ0n) is 7.23. The summed E-state index contributed by atoms with van der Waals surface area (Å²) in [6.07, 6.45) is -0.867. The summed E-state index contributed by atoms with van der Waals surface area (Å²) in [7, 11) is 1.29. The molecule has 0 aromatic carbocycles. The van der Waals surface area contributed by atoms with E-state index >= 15 is 0 Å². The van der Waals surface area contributed by atoms with Gasteiger partial charge in [0.25, 0.3) is 0 Å². The van der Waals surface area contributed by atoms with Crippen molar-refractivity contribution in [1.29, 1.82) is 0 Å². The van der Waals surface area contributed by atoms with Gasteiger partial charge < -0.3 is 4.74 Å². The van der Waals surface area contributed by atoms with Crippen LogP contribution in [0.4, 0.5) is 4.79 Å². The number of ether oxygens (including phenoxy) is 1. The highest BCUT2D eigenvalue weighted by Gasteiger charge is 2.13. The summed E-state index contributed by atoms with van der Waals surface area (Å²) in [4.78, 5) is 34.8. The largest absolute Gasteiger partial charge is 0.448 e. The second-order valence-electron chi connectivity index (χ2n) is 2.27. The Hall–Kier alpha value is -1.79. The fourth-order valence-electron chi connectivity index (χ4n) is 0.842. The summed E-state index contributed by atoms with van der Waals surface area (Å²) >= 11 is 0. The Kier molecular flexibility index (Phi) is 2.36. The molecule has 0 radical (unpaired) electrons. The van der Waals surface area contributed by atoms with Crippen LogP contribution in [0, 0.1) is 0 Å². The van der Waals surface area contributed by atoms with Crippen LogP contribution in [0.1, 0.15) is 6.92 Å². The first-order chi connectivity index (χ1) is 6.07. The van der Waals surface area contributed by atoms with E-state index in [0.717, 1.165) is 4.68 Å². The maximum absolute atomic E-state index is 11.1. The van der Waals surface area contributed by atoms with E-state index in [-0.39, 0.29) is 6.61 Å². The predicted molar refractivity (Wildman–Crippen MR) is 42.7 cm³/mol. The third kappa shape index (κ3) is 1.53. The zero-order chi connectivity index (χ0) is 10.0. The van der Waals surface area contributed by atoms with Gasteiger partial charge in [0.1, 0.15) is 0 Å². The van der Waals surface area contributed by atoms with Crippen LogP contribution in [0.3, 0.4) is 0 Å². The van der Waals surface area contributed by atoms with Crippen molar-refractivity contribution in [1.82, 2.24) is 14.3 Å². The number of H-pyrrole nitrogens is 1. The quantitative estimate of drug-likeness (QED) is 0.603. The first-order valence-electron chi connectivity index (χ1n) is 3.63. The molecule has 0 spiro atoms. The van der Waals surface area contributed by atoms with Crippen molar-refractivity contribution in [2.75, 3.05) is 6.61 Å². The molecule has 13 heavy (non-hydrogen) atoms. The maximum atomic E-state index is 11.1. The van der Waals surface area contributed by atoms with E-state index in [0.29, 0.717) is 4.68 Å². The van der Waals surface area contributed by atoms with E-state index in [9.17, 15) is 14.4 Å². The molecule has 7 heteroatoms. The van der Waals surface area contributed by atoms with Crippen LogP contribution in [0.25, 0.3) is 0 Å². The van der Waals surface area contributed by atoms with Crippen LogP contribution < -0.4 is 11.4 Å². The Balaban J connectivity index is 3.21. The molecule has 1 aromatic rings. The van der Waals surface area contributed by atoms with Crippen LogP contribution in [0.15, 0.2) is 9.59 Å². The molecule has 0 aliphatic carbocycles. The van der Waals surface area contributed by atoms with Gasteiger partial charge in [-0.2, -0.15) is 0 Å². The number of hydrogen-bond donors (Lipinski definition) is 1. The highest BCUT2D eigenvalue weighted by Crippen LogP contribution is 1.81. The van der Waals surface area contributed by atoms with E-state index in [1.165, 1.54) is 7.05 Å². The smallest absolute Gasteiger partial charge is 0.437 e. The molecular formula is C6H9N3O4.